The Labute approximate surface area is 209 Å². The van der Waals surface area contributed by atoms with Crippen LogP contribution in [0.2, 0.25) is 10.0 Å². The molecule has 7 nitrogen and oxygen atoms in total. The van der Waals surface area contributed by atoms with Crippen molar-refractivity contribution in [3.05, 3.63) is 88.6 Å². The van der Waals surface area contributed by atoms with Gasteiger partial charge in [-0.05, 0) is 42.7 Å². The highest BCUT2D eigenvalue weighted by atomic mass is 35.5. The molecule has 0 bridgehead atoms. The first-order valence-corrected chi connectivity index (χ1v) is 13.3. The van der Waals surface area contributed by atoms with E-state index in [2.05, 4.69) is 22.2 Å². The second-order valence-corrected chi connectivity index (χ2v) is 10.7. The largest absolute Gasteiger partial charge is 0.335 e. The van der Waals surface area contributed by atoms with E-state index in [9.17, 15) is 8.42 Å². The summed E-state index contributed by atoms with van der Waals surface area (Å²) in [5, 5.41) is 9.54. The van der Waals surface area contributed by atoms with Crippen molar-refractivity contribution in [2.45, 2.75) is 55.1 Å². The van der Waals surface area contributed by atoms with E-state index < -0.39 is 15.9 Å². The highest BCUT2D eigenvalue weighted by molar-refractivity contribution is 7.91. The molecule has 178 valence electrons. The van der Waals surface area contributed by atoms with Crippen molar-refractivity contribution in [1.29, 1.82) is 0 Å². The lowest BCUT2D eigenvalue weighted by molar-refractivity contribution is 0.427. The van der Waals surface area contributed by atoms with Gasteiger partial charge in [-0.3, -0.25) is 0 Å². The molecule has 2 aromatic carbocycles. The van der Waals surface area contributed by atoms with E-state index in [0.717, 1.165) is 24.8 Å². The van der Waals surface area contributed by atoms with E-state index in [1.165, 1.54) is 0 Å². The highest BCUT2D eigenvalue weighted by Crippen LogP contribution is 2.33. The summed E-state index contributed by atoms with van der Waals surface area (Å²) < 4.78 is 30.6. The lowest BCUT2D eigenvalue weighted by Gasteiger charge is -2.22. The number of halogens is 2. The smallest absolute Gasteiger partial charge is 0.227 e. The first kappa shape index (κ1) is 24.4. The molecular formula is C24H25Cl2N5O2S. The fraction of sp³-hybridized carbons (Fsp3) is 0.292. The Bertz CT molecular complexity index is 1340. The van der Waals surface area contributed by atoms with Crippen LogP contribution in [0.3, 0.4) is 0 Å². The Morgan fingerprint density at radius 1 is 1.06 bits per heavy atom. The summed E-state index contributed by atoms with van der Waals surface area (Å²) in [7, 11) is -3.85. The van der Waals surface area contributed by atoms with Crippen molar-refractivity contribution >= 4 is 33.0 Å². The lowest BCUT2D eigenvalue weighted by atomic mass is 10.1. The molecule has 1 atom stereocenters. The molecule has 1 unspecified atom stereocenters. The molecule has 0 aliphatic rings. The summed E-state index contributed by atoms with van der Waals surface area (Å²) in [5.74, 6) is 0. The van der Waals surface area contributed by atoms with E-state index in [1.54, 1.807) is 59.7 Å². The van der Waals surface area contributed by atoms with Crippen LogP contribution in [0.15, 0.2) is 77.2 Å². The van der Waals surface area contributed by atoms with E-state index >= 15 is 0 Å². The monoisotopic (exact) mass is 517 g/mol. The van der Waals surface area contributed by atoms with Gasteiger partial charge in [0.05, 0.1) is 29.5 Å². The standard InChI is InChI=1S/C24H25Cl2N5O2S/c1-2-3-5-10-22-24(34(32,33)19-8-6-4-7-9-19)28-29-31(22)23(16-30-14-13-27-17-30)20-12-11-18(25)15-21(20)26/h4,6-9,11-15,17,23H,2-3,5,10,16H2,1H3. The molecule has 34 heavy (non-hydrogen) atoms. The number of benzene rings is 2. The molecule has 0 N–H and O–H groups in total. The first-order chi connectivity index (χ1) is 16.4. The van der Waals surface area contributed by atoms with Crippen LogP contribution in [0.25, 0.3) is 0 Å². The predicted octanol–water partition coefficient (Wildman–Crippen LogP) is 5.64. The van der Waals surface area contributed by atoms with Gasteiger partial charge in [-0.1, -0.05) is 72.4 Å². The SMILES string of the molecule is CCCCCc1c(S(=O)(=O)c2ccccc2)nnn1C(Cn1ccnc1)c1ccc(Cl)cc1Cl. The van der Waals surface area contributed by atoms with Crippen molar-refractivity contribution in [1.82, 2.24) is 24.5 Å². The van der Waals surface area contributed by atoms with Gasteiger partial charge in [0.25, 0.3) is 0 Å². The van der Waals surface area contributed by atoms with Crippen molar-refractivity contribution in [2.24, 2.45) is 0 Å². The molecule has 0 spiro atoms. The second-order valence-electron chi connectivity index (χ2n) is 8.00. The number of nitrogens with zero attached hydrogens (tertiary/aromatic N) is 5. The second kappa shape index (κ2) is 10.7. The molecule has 2 aromatic heterocycles. The summed E-state index contributed by atoms with van der Waals surface area (Å²) >= 11 is 12.7. The Hall–Kier alpha value is -2.68. The summed E-state index contributed by atoms with van der Waals surface area (Å²) in [6.07, 6.45) is 8.53. The van der Waals surface area contributed by atoms with Gasteiger partial charge in [-0.2, -0.15) is 0 Å². The summed E-state index contributed by atoms with van der Waals surface area (Å²) in [4.78, 5) is 4.32. The van der Waals surface area contributed by atoms with E-state index in [1.807, 2.05) is 16.8 Å². The van der Waals surface area contributed by atoms with Gasteiger partial charge < -0.3 is 4.57 Å². The molecule has 0 radical (unpaired) electrons. The minimum atomic E-state index is -3.85. The molecule has 0 saturated carbocycles. The van der Waals surface area contributed by atoms with Crippen LogP contribution < -0.4 is 0 Å². The number of aromatic nitrogens is 5. The fourth-order valence-electron chi connectivity index (χ4n) is 3.91. The number of rotatable bonds is 10. The van der Waals surface area contributed by atoms with Gasteiger partial charge >= 0.3 is 0 Å². The van der Waals surface area contributed by atoms with Crippen molar-refractivity contribution in [2.75, 3.05) is 0 Å². The number of hydrogen-bond donors (Lipinski definition) is 0. The van der Waals surface area contributed by atoms with Crippen LogP contribution in [0.1, 0.15) is 43.5 Å². The lowest BCUT2D eigenvalue weighted by Crippen LogP contribution is -2.21. The maximum atomic E-state index is 13.5. The van der Waals surface area contributed by atoms with Crippen LogP contribution in [0, 0.1) is 0 Å². The van der Waals surface area contributed by atoms with Crippen LogP contribution in [0.4, 0.5) is 0 Å². The predicted molar refractivity (Wildman–Crippen MR) is 132 cm³/mol. The summed E-state index contributed by atoms with van der Waals surface area (Å²) in [6.45, 7) is 2.54. The number of unbranched alkanes of at least 4 members (excludes halogenated alkanes) is 2. The third kappa shape index (κ3) is 5.19. The average Bonchev–Trinajstić information content (AvgIpc) is 3.49. The molecule has 10 heteroatoms. The third-order valence-corrected chi connectivity index (χ3v) is 7.92. The molecule has 0 fully saturated rings. The maximum absolute atomic E-state index is 13.5. The molecule has 0 aliphatic heterocycles. The Kier molecular flexibility index (Phi) is 7.70. The molecular weight excluding hydrogens is 493 g/mol. The zero-order chi connectivity index (χ0) is 24.1. The molecule has 2 heterocycles. The topological polar surface area (TPSA) is 82.7 Å². The van der Waals surface area contributed by atoms with E-state index in [-0.39, 0.29) is 9.92 Å². The minimum Gasteiger partial charge on any atom is -0.335 e. The van der Waals surface area contributed by atoms with Gasteiger partial charge in [0, 0.05) is 22.4 Å². The summed E-state index contributed by atoms with van der Waals surface area (Å²) in [6, 6.07) is 13.2. The summed E-state index contributed by atoms with van der Waals surface area (Å²) in [5.41, 5.74) is 1.33. The van der Waals surface area contributed by atoms with E-state index in [0.29, 0.717) is 28.7 Å². The van der Waals surface area contributed by atoms with Crippen molar-refractivity contribution in [3.63, 3.8) is 0 Å². The van der Waals surface area contributed by atoms with Gasteiger partial charge in [-0.25, -0.2) is 18.1 Å². The van der Waals surface area contributed by atoms with Crippen LogP contribution >= 0.6 is 23.2 Å². The molecule has 0 aliphatic carbocycles. The van der Waals surface area contributed by atoms with Gasteiger partial charge in [0.1, 0.15) is 0 Å². The Morgan fingerprint density at radius 3 is 2.53 bits per heavy atom. The molecule has 0 amide bonds. The fourth-order valence-corrected chi connectivity index (χ4v) is 5.83. The first-order valence-electron chi connectivity index (χ1n) is 11.1. The number of hydrogen-bond acceptors (Lipinski definition) is 5. The van der Waals surface area contributed by atoms with Crippen LogP contribution in [0.5, 0.6) is 0 Å². The van der Waals surface area contributed by atoms with Crippen molar-refractivity contribution < 1.29 is 8.42 Å². The van der Waals surface area contributed by atoms with Crippen LogP contribution in [-0.2, 0) is 22.8 Å². The zero-order valence-corrected chi connectivity index (χ0v) is 21.0. The van der Waals surface area contributed by atoms with Crippen LogP contribution in [-0.4, -0.2) is 33.0 Å². The maximum Gasteiger partial charge on any atom is 0.227 e. The highest BCUT2D eigenvalue weighted by Gasteiger charge is 2.31. The third-order valence-electron chi connectivity index (χ3n) is 5.64. The van der Waals surface area contributed by atoms with E-state index in [4.69, 9.17) is 23.2 Å². The Balaban J connectivity index is 1.86. The quantitative estimate of drug-likeness (QED) is 0.254. The number of sulfone groups is 1. The van der Waals surface area contributed by atoms with Gasteiger partial charge in [0.2, 0.25) is 14.9 Å². The van der Waals surface area contributed by atoms with Gasteiger partial charge in [-0.15, -0.1) is 5.10 Å². The zero-order valence-electron chi connectivity index (χ0n) is 18.7. The normalized spacial score (nSPS) is 12.7. The number of imidazole rings is 1. The minimum absolute atomic E-state index is 0.0180. The van der Waals surface area contributed by atoms with Gasteiger partial charge in [0.15, 0.2) is 0 Å². The Morgan fingerprint density at radius 2 is 1.85 bits per heavy atom. The molecule has 4 rings (SSSR count). The molecule has 0 saturated heterocycles. The molecule has 4 aromatic rings. The average molecular weight is 518 g/mol. The van der Waals surface area contributed by atoms with Crippen molar-refractivity contribution in [3.8, 4) is 0 Å².